The average Bonchev–Trinajstić information content (AvgIpc) is 2.39. The van der Waals surface area contributed by atoms with Gasteiger partial charge in [-0.05, 0) is 12.1 Å². The molecule has 0 aliphatic heterocycles. The number of rotatable bonds is 3. The third-order valence-corrected chi connectivity index (χ3v) is 3.41. The number of quaternary nitrogens is 1. The fourth-order valence-corrected chi connectivity index (χ4v) is 2.22. The third-order valence-electron chi connectivity index (χ3n) is 2.54. The van der Waals surface area contributed by atoms with Gasteiger partial charge in [0, 0.05) is 5.56 Å². The molecule has 2 aromatic rings. The summed E-state index contributed by atoms with van der Waals surface area (Å²) in [6.07, 6.45) is 0. The summed E-state index contributed by atoms with van der Waals surface area (Å²) in [5, 5.41) is 0. The first-order chi connectivity index (χ1) is 9.68. The summed E-state index contributed by atoms with van der Waals surface area (Å²) in [5.74, 6) is 0. The molecule has 2 aromatic carbocycles. The SMILES string of the molecule is C[N+](C)(C)Cc1ccccc1.O=S(=O)(O)c1ccccc1. The first-order valence-electron chi connectivity index (χ1n) is 6.55. The molecule has 0 saturated carbocycles. The highest BCUT2D eigenvalue weighted by Crippen LogP contribution is 2.05. The molecule has 0 spiro atoms. The zero-order chi connectivity index (χ0) is 15.9. The van der Waals surface area contributed by atoms with Crippen LogP contribution in [0, 0.1) is 0 Å². The van der Waals surface area contributed by atoms with Gasteiger partial charge in [0.15, 0.2) is 0 Å². The van der Waals surface area contributed by atoms with E-state index < -0.39 is 10.1 Å². The van der Waals surface area contributed by atoms with Crippen LogP contribution >= 0.6 is 0 Å². The number of hydrogen-bond acceptors (Lipinski definition) is 2. The Balaban J connectivity index is 0.000000211. The predicted molar refractivity (Wildman–Crippen MR) is 84.4 cm³/mol. The minimum Gasteiger partial charge on any atom is -0.327 e. The highest BCUT2D eigenvalue weighted by Gasteiger charge is 2.06. The van der Waals surface area contributed by atoms with Gasteiger partial charge in [-0.1, -0.05) is 48.5 Å². The molecule has 0 amide bonds. The highest BCUT2D eigenvalue weighted by molar-refractivity contribution is 7.85. The van der Waals surface area contributed by atoms with Crippen LogP contribution < -0.4 is 0 Å². The van der Waals surface area contributed by atoms with Crippen molar-refractivity contribution in [2.75, 3.05) is 21.1 Å². The van der Waals surface area contributed by atoms with E-state index in [2.05, 4.69) is 51.5 Å². The summed E-state index contributed by atoms with van der Waals surface area (Å²) in [6.45, 7) is 1.10. The van der Waals surface area contributed by atoms with Crippen molar-refractivity contribution in [3.05, 3.63) is 66.2 Å². The van der Waals surface area contributed by atoms with Crippen LogP contribution in [0.1, 0.15) is 5.56 Å². The lowest BCUT2D eigenvalue weighted by atomic mass is 10.2. The molecule has 0 unspecified atom stereocenters. The van der Waals surface area contributed by atoms with Crippen LogP contribution in [0.2, 0.25) is 0 Å². The summed E-state index contributed by atoms with van der Waals surface area (Å²) < 4.78 is 30.2. The third kappa shape index (κ3) is 7.60. The molecule has 0 aliphatic rings. The Morgan fingerprint density at radius 1 is 0.857 bits per heavy atom. The van der Waals surface area contributed by atoms with Crippen LogP contribution in [0.25, 0.3) is 0 Å². The highest BCUT2D eigenvalue weighted by atomic mass is 32.2. The van der Waals surface area contributed by atoms with Gasteiger partial charge in [-0.2, -0.15) is 8.42 Å². The minimum atomic E-state index is -4.00. The van der Waals surface area contributed by atoms with Crippen molar-refractivity contribution in [1.29, 1.82) is 0 Å². The quantitative estimate of drug-likeness (QED) is 0.701. The van der Waals surface area contributed by atoms with Crippen molar-refractivity contribution >= 4 is 10.1 Å². The van der Waals surface area contributed by atoms with Crippen molar-refractivity contribution < 1.29 is 17.5 Å². The molecule has 0 radical (unpaired) electrons. The number of benzene rings is 2. The largest absolute Gasteiger partial charge is 0.327 e. The second-order valence-electron chi connectivity index (χ2n) is 5.72. The average molecular weight is 308 g/mol. The second-order valence-corrected chi connectivity index (χ2v) is 7.14. The fourth-order valence-electron chi connectivity index (χ4n) is 1.72. The number of hydrogen-bond donors (Lipinski definition) is 1. The molecule has 114 valence electrons. The Bertz CT molecular complexity index is 632. The number of nitrogens with zero attached hydrogens (tertiary/aromatic N) is 1. The van der Waals surface area contributed by atoms with E-state index in [1.165, 1.54) is 17.7 Å². The van der Waals surface area contributed by atoms with Crippen LogP contribution in [0.3, 0.4) is 0 Å². The van der Waals surface area contributed by atoms with Crippen LogP contribution in [-0.4, -0.2) is 38.6 Å². The Morgan fingerprint density at radius 2 is 1.29 bits per heavy atom. The van der Waals surface area contributed by atoms with Crippen molar-refractivity contribution in [3.63, 3.8) is 0 Å². The van der Waals surface area contributed by atoms with E-state index in [-0.39, 0.29) is 4.90 Å². The van der Waals surface area contributed by atoms with Gasteiger partial charge < -0.3 is 4.48 Å². The maximum absolute atomic E-state index is 10.4. The summed E-state index contributed by atoms with van der Waals surface area (Å²) >= 11 is 0. The Kier molecular flexibility index (Phi) is 6.08. The standard InChI is InChI=1S/C10H16N.C6H6O3S/c1-11(2,3)9-10-7-5-4-6-8-10;7-10(8,9)6-4-2-1-3-5-6/h4-8H,9H2,1-3H3;1-5H,(H,7,8,9)/q+1;. The van der Waals surface area contributed by atoms with Gasteiger partial charge in [0.25, 0.3) is 10.1 Å². The Hall–Kier alpha value is -1.69. The van der Waals surface area contributed by atoms with Gasteiger partial charge in [0.1, 0.15) is 6.54 Å². The molecule has 0 bridgehead atoms. The Labute approximate surface area is 127 Å². The van der Waals surface area contributed by atoms with Crippen molar-refractivity contribution in [1.82, 2.24) is 0 Å². The molecule has 0 aliphatic carbocycles. The fraction of sp³-hybridized carbons (Fsp3) is 0.250. The summed E-state index contributed by atoms with van der Waals surface area (Å²) in [6, 6.07) is 18.0. The molecule has 21 heavy (non-hydrogen) atoms. The van der Waals surface area contributed by atoms with E-state index in [4.69, 9.17) is 4.55 Å². The van der Waals surface area contributed by atoms with E-state index in [0.29, 0.717) is 0 Å². The molecule has 4 nitrogen and oxygen atoms in total. The van der Waals surface area contributed by atoms with Crippen molar-refractivity contribution in [2.45, 2.75) is 11.4 Å². The van der Waals surface area contributed by atoms with E-state index in [0.717, 1.165) is 11.0 Å². The zero-order valence-corrected chi connectivity index (χ0v) is 13.4. The van der Waals surface area contributed by atoms with Crippen LogP contribution in [0.4, 0.5) is 0 Å². The Morgan fingerprint density at radius 3 is 1.62 bits per heavy atom. The molecule has 0 heterocycles. The maximum atomic E-state index is 10.4. The predicted octanol–water partition coefficient (Wildman–Crippen LogP) is 2.83. The van der Waals surface area contributed by atoms with E-state index in [1.807, 2.05) is 0 Å². The lowest BCUT2D eigenvalue weighted by Gasteiger charge is -2.23. The van der Waals surface area contributed by atoms with Gasteiger partial charge >= 0.3 is 0 Å². The smallest absolute Gasteiger partial charge is 0.294 e. The monoisotopic (exact) mass is 308 g/mol. The summed E-state index contributed by atoms with van der Waals surface area (Å²) in [5.41, 5.74) is 1.40. The van der Waals surface area contributed by atoms with E-state index in [1.54, 1.807) is 18.2 Å². The van der Waals surface area contributed by atoms with Crippen molar-refractivity contribution in [2.24, 2.45) is 0 Å². The first-order valence-corrected chi connectivity index (χ1v) is 7.99. The molecular formula is C16H22NO3S+. The molecule has 0 saturated heterocycles. The minimum absolute atomic E-state index is 0.0741. The second kappa shape index (κ2) is 7.36. The van der Waals surface area contributed by atoms with Gasteiger partial charge in [-0.25, -0.2) is 0 Å². The van der Waals surface area contributed by atoms with E-state index >= 15 is 0 Å². The summed E-state index contributed by atoms with van der Waals surface area (Å²) in [7, 11) is 2.60. The van der Waals surface area contributed by atoms with Crippen LogP contribution in [0.5, 0.6) is 0 Å². The molecule has 2 rings (SSSR count). The maximum Gasteiger partial charge on any atom is 0.294 e. The topological polar surface area (TPSA) is 54.4 Å². The normalized spacial score (nSPS) is 11.4. The first kappa shape index (κ1) is 17.4. The van der Waals surface area contributed by atoms with Gasteiger partial charge in [-0.15, -0.1) is 0 Å². The summed E-state index contributed by atoms with van der Waals surface area (Å²) in [4.78, 5) is -0.0741. The molecular weight excluding hydrogens is 286 g/mol. The van der Waals surface area contributed by atoms with Crippen LogP contribution in [0.15, 0.2) is 65.6 Å². The molecule has 0 fully saturated rings. The zero-order valence-electron chi connectivity index (χ0n) is 12.6. The molecule has 5 heteroatoms. The molecule has 1 N–H and O–H groups in total. The van der Waals surface area contributed by atoms with Gasteiger partial charge in [0.2, 0.25) is 0 Å². The van der Waals surface area contributed by atoms with Gasteiger partial charge in [-0.3, -0.25) is 4.55 Å². The lowest BCUT2D eigenvalue weighted by molar-refractivity contribution is -0.884. The lowest BCUT2D eigenvalue weighted by Crippen LogP contribution is -2.33. The van der Waals surface area contributed by atoms with Crippen molar-refractivity contribution in [3.8, 4) is 0 Å². The molecule has 0 atom stereocenters. The van der Waals surface area contributed by atoms with E-state index in [9.17, 15) is 8.42 Å². The van der Waals surface area contributed by atoms with Crippen LogP contribution in [-0.2, 0) is 16.7 Å². The van der Waals surface area contributed by atoms with Gasteiger partial charge in [0.05, 0.1) is 26.0 Å². The molecule has 0 aromatic heterocycles.